The molecule has 0 saturated heterocycles. The molecule has 1 N–H and O–H groups in total. The maximum absolute atomic E-state index is 13.8. The summed E-state index contributed by atoms with van der Waals surface area (Å²) in [6.45, 7) is -0.0386. The van der Waals surface area contributed by atoms with Crippen LogP contribution >= 0.6 is 15.9 Å². The van der Waals surface area contributed by atoms with E-state index in [0.717, 1.165) is 12.1 Å². The highest BCUT2D eigenvalue weighted by Gasteiger charge is 2.13. The van der Waals surface area contributed by atoms with E-state index in [9.17, 15) is 8.78 Å². The average molecular weight is 391 g/mol. The number of aromatic nitrogens is 3. The SMILES string of the molecule is N#Cc1[nH]nnc1-c1cccc(COc2c(F)cc(Br)cc2F)c1. The summed E-state index contributed by atoms with van der Waals surface area (Å²) in [5.74, 6) is -2.02. The van der Waals surface area contributed by atoms with Crippen molar-refractivity contribution in [3.05, 3.63) is 63.8 Å². The van der Waals surface area contributed by atoms with Crippen LogP contribution in [0.15, 0.2) is 40.9 Å². The maximum Gasteiger partial charge on any atom is 0.191 e. The third-order valence-corrected chi connectivity index (χ3v) is 3.66. The molecule has 24 heavy (non-hydrogen) atoms. The topological polar surface area (TPSA) is 74.6 Å². The van der Waals surface area contributed by atoms with Crippen LogP contribution in [0.1, 0.15) is 11.3 Å². The van der Waals surface area contributed by atoms with Crippen LogP contribution in [0.4, 0.5) is 8.78 Å². The lowest BCUT2D eigenvalue weighted by molar-refractivity contribution is 0.274. The molecule has 3 rings (SSSR count). The van der Waals surface area contributed by atoms with Gasteiger partial charge in [0.1, 0.15) is 18.4 Å². The van der Waals surface area contributed by atoms with Gasteiger partial charge in [-0.25, -0.2) is 13.9 Å². The molecule has 1 aromatic heterocycles. The molecular weight excluding hydrogens is 382 g/mol. The lowest BCUT2D eigenvalue weighted by atomic mass is 10.1. The monoisotopic (exact) mass is 390 g/mol. The molecule has 0 radical (unpaired) electrons. The van der Waals surface area contributed by atoms with Gasteiger partial charge < -0.3 is 4.74 Å². The Morgan fingerprint density at radius 2 is 1.96 bits per heavy atom. The van der Waals surface area contributed by atoms with Crippen molar-refractivity contribution in [2.45, 2.75) is 6.61 Å². The minimum absolute atomic E-state index is 0.0386. The molecule has 3 aromatic rings. The van der Waals surface area contributed by atoms with E-state index in [1.54, 1.807) is 24.3 Å². The molecule has 2 aromatic carbocycles. The van der Waals surface area contributed by atoms with Gasteiger partial charge in [-0.15, -0.1) is 5.10 Å². The quantitative estimate of drug-likeness (QED) is 0.731. The summed E-state index contributed by atoms with van der Waals surface area (Å²) in [5, 5.41) is 18.9. The number of nitrogens with zero attached hydrogens (tertiary/aromatic N) is 3. The van der Waals surface area contributed by atoms with Gasteiger partial charge in [0, 0.05) is 10.0 Å². The molecule has 120 valence electrons. The molecule has 0 atom stereocenters. The molecule has 0 aliphatic rings. The molecule has 0 aliphatic carbocycles. The van der Waals surface area contributed by atoms with Gasteiger partial charge in [-0.05, 0) is 23.8 Å². The molecule has 0 saturated carbocycles. The molecule has 5 nitrogen and oxygen atoms in total. The molecule has 0 fully saturated rings. The summed E-state index contributed by atoms with van der Waals surface area (Å²) in [6, 6.07) is 11.2. The fourth-order valence-electron chi connectivity index (χ4n) is 2.14. The van der Waals surface area contributed by atoms with Gasteiger partial charge in [0.15, 0.2) is 23.1 Å². The summed E-state index contributed by atoms with van der Waals surface area (Å²) in [6.07, 6.45) is 0. The van der Waals surface area contributed by atoms with E-state index in [1.165, 1.54) is 0 Å². The predicted octanol–water partition coefficient (Wildman–Crippen LogP) is 3.96. The first kappa shape index (κ1) is 16.1. The van der Waals surface area contributed by atoms with Crippen LogP contribution < -0.4 is 4.74 Å². The highest BCUT2D eigenvalue weighted by Crippen LogP contribution is 2.27. The minimum Gasteiger partial charge on any atom is -0.483 e. The largest absolute Gasteiger partial charge is 0.483 e. The number of hydrogen-bond acceptors (Lipinski definition) is 4. The Bertz CT molecular complexity index is 913. The van der Waals surface area contributed by atoms with Crippen molar-refractivity contribution in [2.75, 3.05) is 0 Å². The second kappa shape index (κ2) is 6.76. The van der Waals surface area contributed by atoms with Gasteiger partial charge in [0.2, 0.25) is 0 Å². The van der Waals surface area contributed by atoms with E-state index < -0.39 is 17.4 Å². The number of hydrogen-bond donors (Lipinski definition) is 1. The highest BCUT2D eigenvalue weighted by molar-refractivity contribution is 9.10. The van der Waals surface area contributed by atoms with Crippen molar-refractivity contribution >= 4 is 15.9 Å². The van der Waals surface area contributed by atoms with Crippen molar-refractivity contribution in [3.63, 3.8) is 0 Å². The zero-order valence-corrected chi connectivity index (χ0v) is 13.6. The Morgan fingerprint density at radius 1 is 1.21 bits per heavy atom. The lowest BCUT2D eigenvalue weighted by Crippen LogP contribution is -2.00. The molecule has 0 unspecified atom stereocenters. The van der Waals surface area contributed by atoms with Crippen molar-refractivity contribution in [2.24, 2.45) is 0 Å². The van der Waals surface area contributed by atoms with E-state index in [2.05, 4.69) is 31.3 Å². The summed E-state index contributed by atoms with van der Waals surface area (Å²) in [5.41, 5.74) is 1.96. The molecule has 0 amide bonds. The molecule has 0 aliphatic heterocycles. The van der Waals surface area contributed by atoms with E-state index in [1.807, 2.05) is 6.07 Å². The van der Waals surface area contributed by atoms with Crippen LogP contribution in [0.25, 0.3) is 11.3 Å². The third kappa shape index (κ3) is 3.26. The molecule has 8 heteroatoms. The van der Waals surface area contributed by atoms with Gasteiger partial charge in [-0.1, -0.05) is 39.3 Å². The Balaban J connectivity index is 1.83. The van der Waals surface area contributed by atoms with Crippen LogP contribution in [-0.2, 0) is 6.61 Å². The van der Waals surface area contributed by atoms with Crippen LogP contribution in [0.2, 0.25) is 0 Å². The van der Waals surface area contributed by atoms with E-state index >= 15 is 0 Å². The average Bonchev–Trinajstić information content (AvgIpc) is 3.03. The van der Waals surface area contributed by atoms with Gasteiger partial charge in [-0.3, -0.25) is 0 Å². The van der Waals surface area contributed by atoms with Crippen molar-refractivity contribution in [1.29, 1.82) is 5.26 Å². The predicted molar refractivity (Wildman–Crippen MR) is 84.9 cm³/mol. The molecule has 1 heterocycles. The maximum atomic E-state index is 13.8. The first-order valence-corrected chi connectivity index (χ1v) is 7.55. The van der Waals surface area contributed by atoms with Gasteiger partial charge in [-0.2, -0.15) is 5.26 Å². The number of nitriles is 1. The number of H-pyrrole nitrogens is 1. The van der Waals surface area contributed by atoms with Gasteiger partial charge in [0.25, 0.3) is 0 Å². The zero-order chi connectivity index (χ0) is 17.1. The summed E-state index contributed by atoms with van der Waals surface area (Å²) in [7, 11) is 0. The smallest absolute Gasteiger partial charge is 0.191 e. The van der Waals surface area contributed by atoms with Gasteiger partial charge >= 0.3 is 0 Å². The van der Waals surface area contributed by atoms with E-state index in [-0.39, 0.29) is 12.3 Å². The lowest BCUT2D eigenvalue weighted by Gasteiger charge is -2.09. The fourth-order valence-corrected chi connectivity index (χ4v) is 2.54. The van der Waals surface area contributed by atoms with Crippen LogP contribution in [0, 0.1) is 23.0 Å². The summed E-state index contributed by atoms with van der Waals surface area (Å²) in [4.78, 5) is 0. The zero-order valence-electron chi connectivity index (χ0n) is 12.1. The van der Waals surface area contributed by atoms with Crippen molar-refractivity contribution in [1.82, 2.24) is 15.4 Å². The highest BCUT2D eigenvalue weighted by atomic mass is 79.9. The number of benzene rings is 2. The second-order valence-electron chi connectivity index (χ2n) is 4.83. The van der Waals surface area contributed by atoms with Crippen LogP contribution in [-0.4, -0.2) is 15.4 Å². The number of aromatic amines is 1. The van der Waals surface area contributed by atoms with Gasteiger partial charge in [0.05, 0.1) is 0 Å². The van der Waals surface area contributed by atoms with E-state index in [4.69, 9.17) is 10.00 Å². The Hall–Kier alpha value is -2.79. The Labute approximate surface area is 144 Å². The minimum atomic E-state index is -0.790. The fraction of sp³-hybridized carbons (Fsp3) is 0.0625. The molecule has 0 bridgehead atoms. The van der Waals surface area contributed by atoms with Crippen LogP contribution in [0.3, 0.4) is 0 Å². The normalized spacial score (nSPS) is 10.4. The van der Waals surface area contributed by atoms with E-state index in [0.29, 0.717) is 21.3 Å². The number of nitrogens with one attached hydrogen (secondary N) is 1. The standard InChI is InChI=1S/C16H9BrF2N4O/c17-11-5-12(18)16(13(19)6-11)24-8-9-2-1-3-10(4-9)15-14(7-20)21-23-22-15/h1-6H,8H2,(H,21,22,23). The third-order valence-electron chi connectivity index (χ3n) is 3.21. The number of ether oxygens (including phenoxy) is 1. The molecular formula is C16H9BrF2N4O. The number of halogens is 3. The number of rotatable bonds is 4. The molecule has 0 spiro atoms. The second-order valence-corrected chi connectivity index (χ2v) is 5.75. The van der Waals surface area contributed by atoms with Crippen molar-refractivity contribution in [3.8, 4) is 23.1 Å². The summed E-state index contributed by atoms with van der Waals surface area (Å²) < 4.78 is 33.1. The first-order chi connectivity index (χ1) is 11.6. The van der Waals surface area contributed by atoms with Crippen molar-refractivity contribution < 1.29 is 13.5 Å². The Kier molecular flexibility index (Phi) is 4.53. The van der Waals surface area contributed by atoms with Crippen LogP contribution in [0.5, 0.6) is 5.75 Å². The summed E-state index contributed by atoms with van der Waals surface area (Å²) >= 11 is 3.01. The first-order valence-electron chi connectivity index (χ1n) is 6.76. The Morgan fingerprint density at radius 3 is 2.67 bits per heavy atom.